The highest BCUT2D eigenvalue weighted by molar-refractivity contribution is 5.79. The fourth-order valence-corrected chi connectivity index (χ4v) is 2.32. The fraction of sp³-hybridized carbons (Fsp3) is 0.611. The van der Waals surface area contributed by atoms with Crippen LogP contribution in [0.2, 0.25) is 0 Å². The molecular weight excluding hydrogens is 291 g/mol. The van der Waals surface area contributed by atoms with E-state index in [1.807, 2.05) is 31.1 Å². The molecule has 1 aromatic rings. The zero-order chi connectivity index (χ0) is 17.2. The normalized spacial score (nSPS) is 12.1. The molecule has 2 N–H and O–H groups in total. The lowest BCUT2D eigenvalue weighted by Gasteiger charge is -2.14. The number of hydrogen-bond acceptors (Lipinski definition) is 2. The van der Waals surface area contributed by atoms with Gasteiger partial charge in [0.15, 0.2) is 5.96 Å². The molecule has 0 heterocycles. The third kappa shape index (κ3) is 7.98. The number of guanidine groups is 1. The highest BCUT2D eigenvalue weighted by atomic mass is 19.1. The lowest BCUT2D eigenvalue weighted by molar-refractivity contribution is 0.392. The van der Waals surface area contributed by atoms with Gasteiger partial charge in [-0.1, -0.05) is 19.9 Å². The van der Waals surface area contributed by atoms with Gasteiger partial charge in [0.05, 0.1) is 0 Å². The molecule has 0 aromatic heterocycles. The summed E-state index contributed by atoms with van der Waals surface area (Å²) in [6.45, 7) is 6.60. The third-order valence-electron chi connectivity index (χ3n) is 3.53. The molecule has 0 aliphatic heterocycles. The average molecular weight is 322 g/mol. The summed E-state index contributed by atoms with van der Waals surface area (Å²) in [6.07, 6.45) is 2.33. The van der Waals surface area contributed by atoms with Crippen LogP contribution >= 0.6 is 0 Å². The molecule has 0 saturated carbocycles. The number of halogens is 1. The summed E-state index contributed by atoms with van der Waals surface area (Å²) >= 11 is 0. The van der Waals surface area contributed by atoms with E-state index in [1.165, 1.54) is 12.5 Å². The average Bonchev–Trinajstić information content (AvgIpc) is 2.48. The Hall–Kier alpha value is -1.62. The van der Waals surface area contributed by atoms with Crippen LogP contribution in [-0.4, -0.2) is 38.5 Å². The van der Waals surface area contributed by atoms with E-state index in [0.717, 1.165) is 30.4 Å². The molecule has 0 saturated heterocycles. The number of nitrogens with zero attached hydrogens (tertiary/aromatic N) is 2. The Kier molecular flexibility index (Phi) is 8.62. The van der Waals surface area contributed by atoms with Crippen LogP contribution in [0.4, 0.5) is 4.39 Å². The van der Waals surface area contributed by atoms with Gasteiger partial charge < -0.3 is 15.5 Å². The summed E-state index contributed by atoms with van der Waals surface area (Å²) in [4.78, 5) is 6.18. The highest BCUT2D eigenvalue weighted by Crippen LogP contribution is 2.12. The Bertz CT molecular complexity index is 498. The van der Waals surface area contributed by atoms with Crippen molar-refractivity contribution in [2.24, 2.45) is 10.9 Å². The van der Waals surface area contributed by atoms with Crippen molar-refractivity contribution in [2.75, 3.05) is 27.7 Å². The largest absolute Gasteiger partial charge is 0.356 e. The van der Waals surface area contributed by atoms with E-state index in [0.29, 0.717) is 18.7 Å². The van der Waals surface area contributed by atoms with E-state index in [9.17, 15) is 4.39 Å². The Morgan fingerprint density at radius 1 is 1.26 bits per heavy atom. The molecule has 23 heavy (non-hydrogen) atoms. The van der Waals surface area contributed by atoms with E-state index in [-0.39, 0.29) is 5.82 Å². The summed E-state index contributed by atoms with van der Waals surface area (Å²) in [6, 6.07) is 5.26. The number of hydrogen-bond donors (Lipinski definition) is 2. The van der Waals surface area contributed by atoms with Crippen LogP contribution in [0.5, 0.6) is 0 Å². The van der Waals surface area contributed by atoms with Crippen LogP contribution in [0.15, 0.2) is 23.2 Å². The summed E-state index contributed by atoms with van der Waals surface area (Å²) in [5, 5.41) is 6.59. The smallest absolute Gasteiger partial charge is 0.191 e. The van der Waals surface area contributed by atoms with Gasteiger partial charge in [0.25, 0.3) is 0 Å². The molecule has 0 radical (unpaired) electrons. The quantitative estimate of drug-likeness (QED) is 0.439. The van der Waals surface area contributed by atoms with Crippen molar-refractivity contribution in [3.8, 4) is 0 Å². The first kappa shape index (κ1) is 19.4. The van der Waals surface area contributed by atoms with Gasteiger partial charge in [0.2, 0.25) is 0 Å². The third-order valence-corrected chi connectivity index (χ3v) is 3.53. The molecule has 4 nitrogen and oxygen atoms in total. The number of benzene rings is 1. The van der Waals surface area contributed by atoms with Crippen LogP contribution in [0.3, 0.4) is 0 Å². The van der Waals surface area contributed by atoms with Gasteiger partial charge in [-0.3, -0.25) is 4.99 Å². The first-order valence-corrected chi connectivity index (χ1v) is 8.29. The Morgan fingerprint density at radius 2 is 2.00 bits per heavy atom. The summed E-state index contributed by atoms with van der Waals surface area (Å²) < 4.78 is 13.8. The van der Waals surface area contributed by atoms with Crippen molar-refractivity contribution in [3.05, 3.63) is 35.1 Å². The molecule has 0 spiro atoms. The zero-order valence-corrected chi connectivity index (χ0v) is 15.1. The zero-order valence-electron chi connectivity index (χ0n) is 15.1. The Morgan fingerprint density at radius 3 is 2.61 bits per heavy atom. The van der Waals surface area contributed by atoms with Gasteiger partial charge in [-0.05, 0) is 50.6 Å². The van der Waals surface area contributed by atoms with Crippen LogP contribution in [0.1, 0.15) is 37.8 Å². The van der Waals surface area contributed by atoms with E-state index in [1.54, 1.807) is 7.05 Å². The van der Waals surface area contributed by atoms with Crippen molar-refractivity contribution in [2.45, 2.75) is 39.8 Å². The maximum absolute atomic E-state index is 13.8. The molecule has 0 aliphatic carbocycles. The van der Waals surface area contributed by atoms with E-state index in [4.69, 9.17) is 0 Å². The standard InChI is InChI=1S/C18H31FN4/c1-14(2)7-6-10-21-18(20-3)22-12-15-8-9-17(19)16(11-15)13-23(4)5/h8-9,11,14H,6-7,10,12-13H2,1-5H3,(H2,20,21,22). The monoisotopic (exact) mass is 322 g/mol. The summed E-state index contributed by atoms with van der Waals surface area (Å²) in [7, 11) is 5.64. The minimum atomic E-state index is -0.154. The predicted molar refractivity (Wildman–Crippen MR) is 96.1 cm³/mol. The fourth-order valence-electron chi connectivity index (χ4n) is 2.32. The van der Waals surface area contributed by atoms with Crippen molar-refractivity contribution < 1.29 is 4.39 Å². The molecule has 130 valence electrons. The van der Waals surface area contributed by atoms with Gasteiger partial charge in [-0.15, -0.1) is 0 Å². The van der Waals surface area contributed by atoms with E-state index in [2.05, 4.69) is 29.5 Å². The molecule has 0 atom stereocenters. The number of nitrogens with one attached hydrogen (secondary N) is 2. The molecular formula is C18H31FN4. The van der Waals surface area contributed by atoms with Gasteiger partial charge in [-0.25, -0.2) is 4.39 Å². The molecule has 0 aliphatic rings. The second-order valence-corrected chi connectivity index (χ2v) is 6.55. The van der Waals surface area contributed by atoms with Crippen molar-refractivity contribution in [1.29, 1.82) is 0 Å². The molecule has 0 amide bonds. The highest BCUT2D eigenvalue weighted by Gasteiger charge is 2.06. The summed E-state index contributed by atoms with van der Waals surface area (Å²) in [5.74, 6) is 1.35. The minimum absolute atomic E-state index is 0.154. The summed E-state index contributed by atoms with van der Waals surface area (Å²) in [5.41, 5.74) is 1.77. The van der Waals surface area contributed by atoms with E-state index >= 15 is 0 Å². The van der Waals surface area contributed by atoms with Gasteiger partial charge in [0, 0.05) is 32.2 Å². The molecule has 0 bridgehead atoms. The maximum atomic E-state index is 13.8. The SMILES string of the molecule is CN=C(NCCCC(C)C)NCc1ccc(F)c(CN(C)C)c1. The van der Waals surface area contributed by atoms with Gasteiger partial charge in [-0.2, -0.15) is 0 Å². The van der Waals surface area contributed by atoms with Crippen molar-refractivity contribution in [3.63, 3.8) is 0 Å². The van der Waals surface area contributed by atoms with E-state index < -0.39 is 0 Å². The van der Waals surface area contributed by atoms with Gasteiger partial charge in [0.1, 0.15) is 5.82 Å². The van der Waals surface area contributed by atoms with Gasteiger partial charge >= 0.3 is 0 Å². The van der Waals surface area contributed by atoms with Crippen LogP contribution in [0.25, 0.3) is 0 Å². The number of rotatable bonds is 8. The molecule has 1 rings (SSSR count). The molecule has 5 heteroatoms. The Balaban J connectivity index is 2.49. The van der Waals surface area contributed by atoms with Crippen LogP contribution in [0, 0.1) is 11.7 Å². The lowest BCUT2D eigenvalue weighted by Crippen LogP contribution is -2.37. The minimum Gasteiger partial charge on any atom is -0.356 e. The lowest BCUT2D eigenvalue weighted by atomic mass is 10.1. The predicted octanol–water partition coefficient (Wildman–Crippen LogP) is 2.99. The maximum Gasteiger partial charge on any atom is 0.191 e. The topological polar surface area (TPSA) is 39.7 Å². The van der Waals surface area contributed by atoms with Crippen LogP contribution in [-0.2, 0) is 13.1 Å². The molecule has 1 aromatic carbocycles. The van der Waals surface area contributed by atoms with Crippen LogP contribution < -0.4 is 10.6 Å². The Labute approximate surface area is 140 Å². The van der Waals surface area contributed by atoms with Crippen molar-refractivity contribution >= 4 is 5.96 Å². The first-order chi connectivity index (χ1) is 10.9. The second-order valence-electron chi connectivity index (χ2n) is 6.55. The first-order valence-electron chi connectivity index (χ1n) is 8.29. The molecule has 0 unspecified atom stereocenters. The van der Waals surface area contributed by atoms with Crippen molar-refractivity contribution in [1.82, 2.24) is 15.5 Å². The second kappa shape index (κ2) is 10.2. The molecule has 0 fully saturated rings. The number of aliphatic imine (C=N–C) groups is 1.